The average molecular weight is 251 g/mol. The summed E-state index contributed by atoms with van der Waals surface area (Å²) in [7, 11) is 0. The number of aliphatic carboxylic acids is 1. The van der Waals surface area contributed by atoms with Gasteiger partial charge in [-0.3, -0.25) is 4.79 Å². The molecule has 6 nitrogen and oxygen atoms in total. The summed E-state index contributed by atoms with van der Waals surface area (Å²) < 4.78 is 9.88. The highest BCUT2D eigenvalue weighted by Crippen LogP contribution is 1.96. The van der Waals surface area contributed by atoms with Crippen molar-refractivity contribution in [2.45, 2.75) is 26.8 Å². The van der Waals surface area contributed by atoms with Gasteiger partial charge in [-0.2, -0.15) is 0 Å². The van der Waals surface area contributed by atoms with Crippen molar-refractivity contribution in [2.24, 2.45) is 11.7 Å². The molecule has 0 bridgehead atoms. The van der Waals surface area contributed by atoms with E-state index in [9.17, 15) is 4.79 Å². The molecule has 6 heteroatoms. The standard InChI is InChI=1S/C6H14O3.C5H11NO2/c1-2-8-5-6-9-4-3-7;1-3(2)4(6)5(7)8/h7H,2-6H2,1H3;3-4H,6H2,1-2H3,(H,7,8)/t;4-/m.0/s1. The molecular weight excluding hydrogens is 226 g/mol. The second-order valence-corrected chi connectivity index (χ2v) is 3.64. The fourth-order valence-electron chi connectivity index (χ4n) is 0.714. The molecular formula is C11H25NO5. The number of nitrogens with two attached hydrogens (primary N) is 1. The van der Waals surface area contributed by atoms with Crippen LogP contribution in [0.15, 0.2) is 0 Å². The fourth-order valence-corrected chi connectivity index (χ4v) is 0.714. The first-order valence-corrected chi connectivity index (χ1v) is 5.72. The lowest BCUT2D eigenvalue weighted by molar-refractivity contribution is -0.139. The Bertz CT molecular complexity index is 169. The summed E-state index contributed by atoms with van der Waals surface area (Å²) in [5.74, 6) is -0.910. The second kappa shape index (κ2) is 13.4. The minimum atomic E-state index is -0.931. The minimum absolute atomic E-state index is 0.0208. The number of aliphatic hydroxyl groups excluding tert-OH is 1. The first-order valence-electron chi connectivity index (χ1n) is 5.72. The maximum absolute atomic E-state index is 10.0. The minimum Gasteiger partial charge on any atom is -0.480 e. The monoisotopic (exact) mass is 251 g/mol. The molecule has 0 radical (unpaired) electrons. The third-order valence-electron chi connectivity index (χ3n) is 1.82. The van der Waals surface area contributed by atoms with Crippen LogP contribution in [0.1, 0.15) is 20.8 Å². The van der Waals surface area contributed by atoms with E-state index in [1.165, 1.54) is 0 Å². The number of aliphatic hydroxyl groups is 1. The molecule has 0 aromatic heterocycles. The molecule has 0 spiro atoms. The Balaban J connectivity index is 0. The van der Waals surface area contributed by atoms with E-state index in [1.54, 1.807) is 13.8 Å². The molecule has 0 unspecified atom stereocenters. The fraction of sp³-hybridized carbons (Fsp3) is 0.909. The predicted octanol–water partition coefficient (Wildman–Crippen LogP) is 0.0861. The number of carboxylic acids is 1. The Kier molecular flexibility index (Phi) is 14.7. The van der Waals surface area contributed by atoms with Gasteiger partial charge >= 0.3 is 5.97 Å². The van der Waals surface area contributed by atoms with Crippen molar-refractivity contribution in [3.8, 4) is 0 Å². The lowest BCUT2D eigenvalue weighted by Crippen LogP contribution is -2.34. The average Bonchev–Trinajstić information content (AvgIpc) is 2.28. The van der Waals surface area contributed by atoms with Crippen LogP contribution in [-0.2, 0) is 14.3 Å². The van der Waals surface area contributed by atoms with Gasteiger partial charge in [0.2, 0.25) is 0 Å². The van der Waals surface area contributed by atoms with Crippen molar-refractivity contribution < 1.29 is 24.5 Å². The van der Waals surface area contributed by atoms with Crippen molar-refractivity contribution in [1.29, 1.82) is 0 Å². The maximum Gasteiger partial charge on any atom is 0.320 e. The Morgan fingerprint density at radius 3 is 2.06 bits per heavy atom. The molecule has 0 aliphatic rings. The molecule has 0 aliphatic carbocycles. The zero-order valence-electron chi connectivity index (χ0n) is 10.9. The van der Waals surface area contributed by atoms with Gasteiger partial charge in [0.25, 0.3) is 0 Å². The van der Waals surface area contributed by atoms with Crippen LogP contribution >= 0.6 is 0 Å². The summed E-state index contributed by atoms with van der Waals surface area (Å²) in [4.78, 5) is 10.0. The zero-order valence-corrected chi connectivity index (χ0v) is 10.9. The topological polar surface area (TPSA) is 102 Å². The molecule has 4 N–H and O–H groups in total. The van der Waals surface area contributed by atoms with E-state index in [0.29, 0.717) is 19.8 Å². The molecule has 0 rings (SSSR count). The number of hydrogen-bond donors (Lipinski definition) is 3. The van der Waals surface area contributed by atoms with E-state index in [0.717, 1.165) is 6.61 Å². The highest BCUT2D eigenvalue weighted by molar-refractivity contribution is 5.73. The molecule has 0 saturated heterocycles. The van der Waals surface area contributed by atoms with Crippen LogP contribution in [-0.4, -0.2) is 55.3 Å². The maximum atomic E-state index is 10.0. The van der Waals surface area contributed by atoms with E-state index in [4.69, 9.17) is 25.4 Å². The van der Waals surface area contributed by atoms with Crippen LogP contribution in [0, 0.1) is 5.92 Å². The van der Waals surface area contributed by atoms with Gasteiger partial charge in [0.05, 0.1) is 26.4 Å². The Morgan fingerprint density at radius 1 is 1.24 bits per heavy atom. The summed E-state index contributed by atoms with van der Waals surface area (Å²) in [5.41, 5.74) is 5.16. The quantitative estimate of drug-likeness (QED) is 0.528. The molecule has 17 heavy (non-hydrogen) atoms. The molecule has 0 aliphatic heterocycles. The largest absolute Gasteiger partial charge is 0.480 e. The molecule has 0 aromatic rings. The van der Waals surface area contributed by atoms with Crippen molar-refractivity contribution in [3.05, 3.63) is 0 Å². The van der Waals surface area contributed by atoms with E-state index >= 15 is 0 Å². The lowest BCUT2D eigenvalue weighted by Gasteiger charge is -2.07. The van der Waals surface area contributed by atoms with Gasteiger partial charge in [-0.1, -0.05) is 13.8 Å². The number of rotatable bonds is 8. The third-order valence-corrected chi connectivity index (χ3v) is 1.82. The first kappa shape index (κ1) is 18.7. The molecule has 0 fully saturated rings. The predicted molar refractivity (Wildman–Crippen MR) is 64.8 cm³/mol. The Hall–Kier alpha value is -0.690. The molecule has 1 atom stereocenters. The lowest BCUT2D eigenvalue weighted by atomic mass is 10.1. The van der Waals surface area contributed by atoms with Crippen LogP contribution in [0.4, 0.5) is 0 Å². The van der Waals surface area contributed by atoms with Crippen LogP contribution in [0.2, 0.25) is 0 Å². The molecule has 0 aromatic carbocycles. The van der Waals surface area contributed by atoms with Crippen LogP contribution in [0.3, 0.4) is 0 Å². The first-order chi connectivity index (χ1) is 7.97. The van der Waals surface area contributed by atoms with Gasteiger partial charge in [0.1, 0.15) is 6.04 Å². The van der Waals surface area contributed by atoms with Gasteiger partial charge in [-0.15, -0.1) is 0 Å². The normalized spacial score (nSPS) is 11.9. The molecule has 104 valence electrons. The van der Waals surface area contributed by atoms with E-state index in [-0.39, 0.29) is 12.5 Å². The van der Waals surface area contributed by atoms with Gasteiger partial charge in [-0.25, -0.2) is 0 Å². The third kappa shape index (κ3) is 15.3. The van der Waals surface area contributed by atoms with Gasteiger partial charge in [0, 0.05) is 6.61 Å². The Labute approximate surface area is 103 Å². The Morgan fingerprint density at radius 2 is 1.76 bits per heavy atom. The summed E-state index contributed by atoms with van der Waals surface area (Å²) >= 11 is 0. The van der Waals surface area contributed by atoms with Crippen LogP contribution in [0.25, 0.3) is 0 Å². The zero-order chi connectivity index (χ0) is 13.7. The SMILES string of the molecule is CC(C)[C@H](N)C(=O)O.CCOCCOCCO. The van der Waals surface area contributed by atoms with Crippen molar-refractivity contribution >= 4 is 5.97 Å². The van der Waals surface area contributed by atoms with E-state index in [1.807, 2.05) is 6.92 Å². The molecule has 0 saturated carbocycles. The summed E-state index contributed by atoms with van der Waals surface area (Å²) in [6.07, 6.45) is 0. The highest BCUT2D eigenvalue weighted by atomic mass is 16.5. The van der Waals surface area contributed by atoms with Crippen LogP contribution in [0.5, 0.6) is 0 Å². The number of carboxylic acid groups (broad SMARTS) is 1. The summed E-state index contributed by atoms with van der Waals surface area (Å²) in [6.45, 7) is 7.91. The summed E-state index contributed by atoms with van der Waals surface area (Å²) in [6, 6.07) is -0.713. The van der Waals surface area contributed by atoms with E-state index < -0.39 is 12.0 Å². The van der Waals surface area contributed by atoms with Gasteiger partial charge in [-0.05, 0) is 12.8 Å². The van der Waals surface area contributed by atoms with E-state index in [2.05, 4.69) is 0 Å². The number of carbonyl (C=O) groups is 1. The molecule has 0 amide bonds. The second-order valence-electron chi connectivity index (χ2n) is 3.64. The molecule has 0 heterocycles. The number of hydrogen-bond acceptors (Lipinski definition) is 5. The smallest absolute Gasteiger partial charge is 0.320 e. The number of ether oxygens (including phenoxy) is 2. The van der Waals surface area contributed by atoms with Gasteiger partial charge in [0.15, 0.2) is 0 Å². The highest BCUT2D eigenvalue weighted by Gasteiger charge is 2.14. The summed E-state index contributed by atoms with van der Waals surface area (Å²) in [5, 5.41) is 16.5. The van der Waals surface area contributed by atoms with Crippen molar-refractivity contribution in [3.63, 3.8) is 0 Å². The van der Waals surface area contributed by atoms with Crippen molar-refractivity contribution in [1.82, 2.24) is 0 Å². The van der Waals surface area contributed by atoms with Crippen LogP contribution < -0.4 is 5.73 Å². The van der Waals surface area contributed by atoms with Crippen molar-refractivity contribution in [2.75, 3.05) is 33.0 Å². The van der Waals surface area contributed by atoms with Gasteiger partial charge < -0.3 is 25.4 Å².